The third-order valence-corrected chi connectivity index (χ3v) is 4.29. The lowest BCUT2D eigenvalue weighted by Crippen LogP contribution is -2.25. The van der Waals surface area contributed by atoms with Gasteiger partial charge in [0.25, 0.3) is 5.91 Å². The van der Waals surface area contributed by atoms with Crippen LogP contribution in [0.3, 0.4) is 0 Å². The minimum absolute atomic E-state index is 0.0461. The van der Waals surface area contributed by atoms with Crippen molar-refractivity contribution in [2.45, 2.75) is 19.8 Å². The van der Waals surface area contributed by atoms with Gasteiger partial charge in [0.15, 0.2) is 0 Å². The number of thiophene rings is 1. The van der Waals surface area contributed by atoms with Gasteiger partial charge in [-0.05, 0) is 48.6 Å². The Hall–Kier alpha value is -1.66. The molecule has 4 nitrogen and oxygen atoms in total. The van der Waals surface area contributed by atoms with Crippen molar-refractivity contribution in [3.05, 3.63) is 50.6 Å². The highest BCUT2D eigenvalue weighted by Crippen LogP contribution is 2.20. The van der Waals surface area contributed by atoms with E-state index in [1.807, 2.05) is 30.5 Å². The Balaban J connectivity index is 1.71. The lowest BCUT2D eigenvalue weighted by molar-refractivity contribution is -0.116. The molecule has 1 aromatic carbocycles. The standard InChI is InChI=1S/C16H17BrN2O2S/c1-11-9-13(17)4-5-14(11)19-15(20)3-2-7-18-16(21)12-6-8-22-10-12/h4-6,8-10H,2-3,7H2,1H3,(H,18,21)(H,19,20). The van der Waals surface area contributed by atoms with Gasteiger partial charge in [-0.3, -0.25) is 9.59 Å². The zero-order valence-corrected chi connectivity index (χ0v) is 14.6. The molecule has 1 aromatic heterocycles. The summed E-state index contributed by atoms with van der Waals surface area (Å²) in [5.41, 5.74) is 2.49. The van der Waals surface area contributed by atoms with Crippen LogP contribution in [-0.4, -0.2) is 18.4 Å². The molecule has 116 valence electrons. The Morgan fingerprint density at radius 3 is 2.77 bits per heavy atom. The van der Waals surface area contributed by atoms with E-state index in [1.165, 1.54) is 11.3 Å². The molecular formula is C16H17BrN2O2S. The van der Waals surface area contributed by atoms with E-state index in [9.17, 15) is 9.59 Å². The van der Waals surface area contributed by atoms with Gasteiger partial charge in [0, 0.05) is 34.1 Å². The number of benzene rings is 1. The molecule has 6 heteroatoms. The Bertz CT molecular complexity index is 656. The minimum Gasteiger partial charge on any atom is -0.352 e. The maximum atomic E-state index is 11.9. The van der Waals surface area contributed by atoms with Crippen molar-refractivity contribution in [1.82, 2.24) is 5.32 Å². The van der Waals surface area contributed by atoms with E-state index in [-0.39, 0.29) is 11.8 Å². The number of anilines is 1. The summed E-state index contributed by atoms with van der Waals surface area (Å²) in [5, 5.41) is 9.35. The van der Waals surface area contributed by atoms with Crippen molar-refractivity contribution < 1.29 is 9.59 Å². The number of nitrogens with one attached hydrogen (secondary N) is 2. The predicted octanol–water partition coefficient (Wildman–Crippen LogP) is 3.97. The molecule has 0 saturated carbocycles. The monoisotopic (exact) mass is 380 g/mol. The second kappa shape index (κ2) is 8.10. The summed E-state index contributed by atoms with van der Waals surface area (Å²) >= 11 is 4.88. The maximum Gasteiger partial charge on any atom is 0.252 e. The first-order chi connectivity index (χ1) is 10.6. The lowest BCUT2D eigenvalue weighted by Gasteiger charge is -2.09. The fourth-order valence-electron chi connectivity index (χ4n) is 1.93. The second-order valence-electron chi connectivity index (χ2n) is 4.88. The van der Waals surface area contributed by atoms with Crippen LogP contribution in [0.2, 0.25) is 0 Å². The van der Waals surface area contributed by atoms with Gasteiger partial charge < -0.3 is 10.6 Å². The van der Waals surface area contributed by atoms with Crippen LogP contribution in [0.4, 0.5) is 5.69 Å². The van der Waals surface area contributed by atoms with Gasteiger partial charge in [-0.25, -0.2) is 0 Å². The van der Waals surface area contributed by atoms with Crippen LogP contribution in [-0.2, 0) is 4.79 Å². The molecule has 0 fully saturated rings. The zero-order valence-electron chi connectivity index (χ0n) is 12.2. The van der Waals surface area contributed by atoms with Gasteiger partial charge >= 0.3 is 0 Å². The van der Waals surface area contributed by atoms with E-state index >= 15 is 0 Å². The molecule has 0 aliphatic rings. The van der Waals surface area contributed by atoms with Crippen molar-refractivity contribution in [2.75, 3.05) is 11.9 Å². The molecule has 0 saturated heterocycles. The molecule has 0 bridgehead atoms. The fraction of sp³-hybridized carbons (Fsp3) is 0.250. The largest absolute Gasteiger partial charge is 0.352 e. The quantitative estimate of drug-likeness (QED) is 0.744. The van der Waals surface area contributed by atoms with Crippen LogP contribution in [0.25, 0.3) is 0 Å². The molecule has 0 aliphatic carbocycles. The average molecular weight is 381 g/mol. The number of carbonyl (C=O) groups excluding carboxylic acids is 2. The number of aryl methyl sites for hydroxylation is 1. The topological polar surface area (TPSA) is 58.2 Å². The van der Waals surface area contributed by atoms with E-state index in [0.29, 0.717) is 24.9 Å². The smallest absolute Gasteiger partial charge is 0.252 e. The van der Waals surface area contributed by atoms with E-state index in [0.717, 1.165) is 15.7 Å². The van der Waals surface area contributed by atoms with E-state index in [4.69, 9.17) is 0 Å². The summed E-state index contributed by atoms with van der Waals surface area (Å²) in [7, 11) is 0. The molecule has 2 rings (SSSR count). The third-order valence-electron chi connectivity index (χ3n) is 3.11. The summed E-state index contributed by atoms with van der Waals surface area (Å²) in [5.74, 6) is -0.138. The van der Waals surface area contributed by atoms with Gasteiger partial charge in [-0.2, -0.15) is 11.3 Å². The lowest BCUT2D eigenvalue weighted by atomic mass is 10.2. The van der Waals surface area contributed by atoms with E-state index in [2.05, 4.69) is 26.6 Å². The molecule has 0 radical (unpaired) electrons. The first kappa shape index (κ1) is 16.7. The van der Waals surface area contributed by atoms with Crippen LogP contribution < -0.4 is 10.6 Å². The molecule has 1 heterocycles. The van der Waals surface area contributed by atoms with Crippen LogP contribution in [0, 0.1) is 6.92 Å². The number of carbonyl (C=O) groups is 2. The zero-order chi connectivity index (χ0) is 15.9. The molecule has 0 atom stereocenters. The minimum atomic E-state index is -0.0922. The summed E-state index contributed by atoms with van der Waals surface area (Å²) in [6.45, 7) is 2.43. The molecule has 2 amide bonds. The van der Waals surface area contributed by atoms with Crippen LogP contribution in [0.15, 0.2) is 39.5 Å². The van der Waals surface area contributed by atoms with Crippen molar-refractivity contribution in [1.29, 1.82) is 0 Å². The SMILES string of the molecule is Cc1cc(Br)ccc1NC(=O)CCCNC(=O)c1ccsc1. The summed E-state index contributed by atoms with van der Waals surface area (Å²) in [6, 6.07) is 7.50. The van der Waals surface area contributed by atoms with Crippen LogP contribution in [0.5, 0.6) is 0 Å². The van der Waals surface area contributed by atoms with Gasteiger partial charge in [0.05, 0.1) is 0 Å². The summed E-state index contributed by atoms with van der Waals surface area (Å²) in [4.78, 5) is 23.6. The highest BCUT2D eigenvalue weighted by molar-refractivity contribution is 9.10. The van der Waals surface area contributed by atoms with E-state index in [1.54, 1.807) is 11.4 Å². The normalized spacial score (nSPS) is 10.3. The van der Waals surface area contributed by atoms with Gasteiger partial charge in [0.1, 0.15) is 0 Å². The first-order valence-electron chi connectivity index (χ1n) is 6.92. The summed E-state index contributed by atoms with van der Waals surface area (Å²) in [6.07, 6.45) is 0.983. The second-order valence-corrected chi connectivity index (χ2v) is 6.57. The van der Waals surface area contributed by atoms with Crippen molar-refractivity contribution in [2.24, 2.45) is 0 Å². The Morgan fingerprint density at radius 2 is 2.09 bits per heavy atom. The fourth-order valence-corrected chi connectivity index (χ4v) is 3.04. The van der Waals surface area contributed by atoms with Crippen molar-refractivity contribution >= 4 is 44.8 Å². The van der Waals surface area contributed by atoms with Crippen LogP contribution >= 0.6 is 27.3 Å². The Morgan fingerprint density at radius 1 is 1.27 bits per heavy atom. The molecule has 22 heavy (non-hydrogen) atoms. The molecule has 0 unspecified atom stereocenters. The first-order valence-corrected chi connectivity index (χ1v) is 8.66. The van der Waals surface area contributed by atoms with Gasteiger partial charge in [0.2, 0.25) is 5.91 Å². The Kier molecular flexibility index (Phi) is 6.15. The third kappa shape index (κ3) is 4.96. The highest BCUT2D eigenvalue weighted by Gasteiger charge is 2.07. The van der Waals surface area contributed by atoms with Crippen molar-refractivity contribution in [3.63, 3.8) is 0 Å². The molecule has 2 N–H and O–H groups in total. The molecule has 0 aliphatic heterocycles. The molecular weight excluding hydrogens is 364 g/mol. The van der Waals surface area contributed by atoms with Gasteiger partial charge in [-0.1, -0.05) is 15.9 Å². The number of amides is 2. The van der Waals surface area contributed by atoms with Crippen LogP contribution in [0.1, 0.15) is 28.8 Å². The summed E-state index contributed by atoms with van der Waals surface area (Å²) < 4.78 is 0.985. The Labute approximate surface area is 142 Å². The number of hydrogen-bond acceptors (Lipinski definition) is 3. The average Bonchev–Trinajstić information content (AvgIpc) is 3.01. The van der Waals surface area contributed by atoms with Gasteiger partial charge in [-0.15, -0.1) is 0 Å². The number of rotatable bonds is 6. The highest BCUT2D eigenvalue weighted by atomic mass is 79.9. The number of halogens is 1. The maximum absolute atomic E-state index is 11.9. The number of hydrogen-bond donors (Lipinski definition) is 2. The van der Waals surface area contributed by atoms with Crippen molar-refractivity contribution in [3.8, 4) is 0 Å². The molecule has 2 aromatic rings. The van der Waals surface area contributed by atoms with E-state index < -0.39 is 0 Å². The molecule has 0 spiro atoms. The predicted molar refractivity (Wildman–Crippen MR) is 93.4 cm³/mol.